The Labute approximate surface area is 54.5 Å². The Morgan fingerprint density at radius 2 is 2.44 bits per heavy atom. The molecule has 0 aliphatic carbocycles. The van der Waals surface area contributed by atoms with Crippen molar-refractivity contribution in [1.29, 1.82) is 0 Å². The SMILES string of the molecule is CC(C)[CH]c1c[nH]nn1. The Bertz CT molecular complexity index is 155. The van der Waals surface area contributed by atoms with Crippen LogP contribution in [0.4, 0.5) is 0 Å². The summed E-state index contributed by atoms with van der Waals surface area (Å²) in [6.45, 7) is 4.21. The summed E-state index contributed by atoms with van der Waals surface area (Å²) in [5.41, 5.74) is 0.921. The monoisotopic (exact) mass is 124 g/mol. The van der Waals surface area contributed by atoms with Gasteiger partial charge in [0.2, 0.25) is 0 Å². The molecule has 0 aliphatic rings. The molecule has 0 amide bonds. The summed E-state index contributed by atoms with van der Waals surface area (Å²) in [5.74, 6) is 0.537. The highest BCUT2D eigenvalue weighted by Gasteiger charge is 1.98. The van der Waals surface area contributed by atoms with E-state index in [1.54, 1.807) is 6.20 Å². The fourth-order valence-electron chi connectivity index (χ4n) is 0.633. The van der Waals surface area contributed by atoms with Crippen LogP contribution in [0, 0.1) is 12.3 Å². The quantitative estimate of drug-likeness (QED) is 0.639. The van der Waals surface area contributed by atoms with Crippen LogP contribution in [-0.2, 0) is 0 Å². The summed E-state index contributed by atoms with van der Waals surface area (Å²) in [4.78, 5) is 0. The average molecular weight is 124 g/mol. The highest BCUT2D eigenvalue weighted by Crippen LogP contribution is 2.04. The van der Waals surface area contributed by atoms with Crippen LogP contribution >= 0.6 is 0 Å². The van der Waals surface area contributed by atoms with E-state index in [2.05, 4.69) is 29.3 Å². The van der Waals surface area contributed by atoms with E-state index in [1.165, 1.54) is 0 Å². The van der Waals surface area contributed by atoms with Gasteiger partial charge in [-0.25, -0.2) is 0 Å². The number of aromatic nitrogens is 3. The largest absolute Gasteiger partial charge is 0.265 e. The minimum Gasteiger partial charge on any atom is -0.265 e. The predicted octanol–water partition coefficient (Wildman–Crippen LogP) is 1.01. The van der Waals surface area contributed by atoms with Crippen molar-refractivity contribution in [3.63, 3.8) is 0 Å². The van der Waals surface area contributed by atoms with Crippen molar-refractivity contribution in [3.8, 4) is 0 Å². The van der Waals surface area contributed by atoms with Crippen molar-refractivity contribution in [3.05, 3.63) is 18.3 Å². The molecule has 0 spiro atoms. The predicted molar refractivity (Wildman–Crippen MR) is 34.6 cm³/mol. The van der Waals surface area contributed by atoms with E-state index < -0.39 is 0 Å². The second-order valence-corrected chi connectivity index (χ2v) is 2.31. The van der Waals surface area contributed by atoms with Crippen LogP contribution in [0.15, 0.2) is 6.20 Å². The van der Waals surface area contributed by atoms with Gasteiger partial charge in [0.15, 0.2) is 0 Å². The van der Waals surface area contributed by atoms with Gasteiger partial charge >= 0.3 is 0 Å². The van der Waals surface area contributed by atoms with Gasteiger partial charge < -0.3 is 0 Å². The maximum absolute atomic E-state index is 3.80. The minimum atomic E-state index is 0.537. The minimum absolute atomic E-state index is 0.537. The Morgan fingerprint density at radius 1 is 1.67 bits per heavy atom. The Balaban J connectivity index is 2.48. The van der Waals surface area contributed by atoms with E-state index in [0.29, 0.717) is 5.92 Å². The van der Waals surface area contributed by atoms with Gasteiger partial charge in [-0.3, -0.25) is 5.10 Å². The Morgan fingerprint density at radius 3 is 2.89 bits per heavy atom. The number of hydrogen-bond acceptors (Lipinski definition) is 2. The van der Waals surface area contributed by atoms with Crippen LogP contribution in [0.5, 0.6) is 0 Å². The van der Waals surface area contributed by atoms with E-state index in [4.69, 9.17) is 0 Å². The maximum atomic E-state index is 3.80. The van der Waals surface area contributed by atoms with Crippen molar-refractivity contribution in [2.24, 2.45) is 5.92 Å². The van der Waals surface area contributed by atoms with E-state index in [-0.39, 0.29) is 0 Å². The molecule has 49 valence electrons. The van der Waals surface area contributed by atoms with Crippen molar-refractivity contribution in [2.75, 3.05) is 0 Å². The molecule has 1 N–H and O–H groups in total. The van der Waals surface area contributed by atoms with Crippen molar-refractivity contribution < 1.29 is 0 Å². The molecule has 0 aliphatic heterocycles. The number of nitrogens with one attached hydrogen (secondary N) is 1. The molecule has 0 aromatic carbocycles. The average Bonchev–Trinajstić information content (AvgIpc) is 2.15. The third kappa shape index (κ3) is 1.83. The molecule has 1 rings (SSSR count). The fourth-order valence-corrected chi connectivity index (χ4v) is 0.633. The Hall–Kier alpha value is -0.860. The molecule has 0 atom stereocenters. The number of rotatable bonds is 2. The van der Waals surface area contributed by atoms with Crippen molar-refractivity contribution >= 4 is 0 Å². The summed E-state index contributed by atoms with van der Waals surface area (Å²) < 4.78 is 0. The zero-order chi connectivity index (χ0) is 6.69. The summed E-state index contributed by atoms with van der Waals surface area (Å²) in [6, 6.07) is 0. The van der Waals surface area contributed by atoms with Gasteiger partial charge in [0, 0.05) is 12.6 Å². The summed E-state index contributed by atoms with van der Waals surface area (Å²) >= 11 is 0. The van der Waals surface area contributed by atoms with E-state index in [1.807, 2.05) is 6.42 Å². The lowest BCUT2D eigenvalue weighted by Crippen LogP contribution is -1.90. The highest BCUT2D eigenvalue weighted by atomic mass is 15.3. The first-order valence-corrected chi connectivity index (χ1v) is 3.00. The van der Waals surface area contributed by atoms with Crippen LogP contribution in [0.2, 0.25) is 0 Å². The van der Waals surface area contributed by atoms with E-state index >= 15 is 0 Å². The molecule has 3 nitrogen and oxygen atoms in total. The summed E-state index contributed by atoms with van der Waals surface area (Å²) in [5, 5.41) is 10.0. The second kappa shape index (κ2) is 2.62. The zero-order valence-corrected chi connectivity index (χ0v) is 5.63. The van der Waals surface area contributed by atoms with Gasteiger partial charge in [0.1, 0.15) is 0 Å². The van der Waals surface area contributed by atoms with E-state index in [0.717, 1.165) is 5.69 Å². The molecular weight excluding hydrogens is 114 g/mol. The summed E-state index contributed by atoms with van der Waals surface area (Å²) in [7, 11) is 0. The number of H-pyrrole nitrogens is 1. The van der Waals surface area contributed by atoms with Crippen LogP contribution in [0.1, 0.15) is 19.5 Å². The molecular formula is C6H10N3. The molecule has 1 radical (unpaired) electrons. The van der Waals surface area contributed by atoms with Gasteiger partial charge in [-0.15, -0.1) is 5.10 Å². The first-order valence-electron chi connectivity index (χ1n) is 3.00. The smallest absolute Gasteiger partial charge is 0.0864 e. The highest BCUT2D eigenvalue weighted by molar-refractivity contribution is 5.05. The molecule has 0 unspecified atom stereocenters. The van der Waals surface area contributed by atoms with Crippen molar-refractivity contribution in [1.82, 2.24) is 15.4 Å². The first-order chi connectivity index (χ1) is 4.29. The molecule has 3 heteroatoms. The maximum Gasteiger partial charge on any atom is 0.0864 e. The van der Waals surface area contributed by atoms with Crippen molar-refractivity contribution in [2.45, 2.75) is 13.8 Å². The van der Waals surface area contributed by atoms with Crippen LogP contribution in [0.3, 0.4) is 0 Å². The van der Waals surface area contributed by atoms with Gasteiger partial charge in [0.25, 0.3) is 0 Å². The molecule has 1 aromatic rings. The standard InChI is InChI=1S/C6H10N3/c1-5(2)3-6-4-7-9-8-6/h3-5H,1-2H3,(H,7,8,9). The van der Waals surface area contributed by atoms with Crippen LogP contribution in [-0.4, -0.2) is 15.4 Å². The first kappa shape index (κ1) is 6.26. The zero-order valence-electron chi connectivity index (χ0n) is 5.63. The number of hydrogen-bond donors (Lipinski definition) is 1. The summed E-state index contributed by atoms with van der Waals surface area (Å²) in [6.07, 6.45) is 3.82. The third-order valence-electron chi connectivity index (χ3n) is 0.940. The van der Waals surface area contributed by atoms with Crippen LogP contribution in [0.25, 0.3) is 0 Å². The molecule has 0 saturated heterocycles. The molecule has 1 aromatic heterocycles. The van der Waals surface area contributed by atoms with Crippen LogP contribution < -0.4 is 0 Å². The topological polar surface area (TPSA) is 41.6 Å². The molecule has 0 fully saturated rings. The molecule has 0 bridgehead atoms. The van der Waals surface area contributed by atoms with Gasteiger partial charge in [-0.2, -0.15) is 0 Å². The number of aromatic amines is 1. The lowest BCUT2D eigenvalue weighted by atomic mass is 10.1. The molecule has 9 heavy (non-hydrogen) atoms. The molecule has 0 saturated carbocycles. The number of nitrogens with zero attached hydrogens (tertiary/aromatic N) is 2. The Kier molecular flexibility index (Phi) is 1.82. The lowest BCUT2D eigenvalue weighted by molar-refractivity contribution is 0.763. The van der Waals surface area contributed by atoms with E-state index in [9.17, 15) is 0 Å². The normalized spacial score (nSPS) is 10.6. The fraction of sp³-hybridized carbons (Fsp3) is 0.500. The van der Waals surface area contributed by atoms with Gasteiger partial charge in [-0.1, -0.05) is 19.1 Å². The molecule has 1 heterocycles. The van der Waals surface area contributed by atoms with Gasteiger partial charge in [-0.05, 0) is 5.92 Å². The van der Waals surface area contributed by atoms with Gasteiger partial charge in [0.05, 0.1) is 5.69 Å². The lowest BCUT2D eigenvalue weighted by Gasteiger charge is -1.95. The third-order valence-corrected chi connectivity index (χ3v) is 0.940. The second-order valence-electron chi connectivity index (χ2n) is 2.31.